The summed E-state index contributed by atoms with van der Waals surface area (Å²) in [5.41, 5.74) is 0.178. The third-order valence-corrected chi connectivity index (χ3v) is 7.63. The van der Waals surface area contributed by atoms with Gasteiger partial charge in [0.25, 0.3) is 0 Å². The Morgan fingerprint density at radius 1 is 0.786 bits per heavy atom. The van der Waals surface area contributed by atoms with Gasteiger partial charge < -0.3 is 33.9 Å². The number of ether oxygens (including phenoxy) is 5. The van der Waals surface area contributed by atoms with Gasteiger partial charge in [-0.3, -0.25) is 24.0 Å². The minimum atomic E-state index is -1.42. The van der Waals surface area contributed by atoms with Crippen LogP contribution in [0.1, 0.15) is 75.2 Å². The fraction of sp³-hybridized carbons (Fsp3) is 0.633. The Hall–Kier alpha value is -3.51. The standard InChI is InChI=1S/C30H42O12/c1-14-23(36)12-24(37)21(13-38-16(3)31)10-26(40-18(5)33)22-11-25(39-17(4)32)15(2)27(30(22,8)9)29(42-20(7)35)28(14)41-19(6)34/h10,22-26,29,36-37H,11-13H2,1-9H3/b21-10-,28-14+/t22-,23+,24-,25-,26-,29+/m0/s1. The second kappa shape index (κ2) is 14.1. The SMILES string of the molecule is CC(=O)OC/C1=C/[C@H](OC(C)=O)[C@@H]2C[C@H](OC(C)=O)C(C)=C([C@@H](OC(C)=O)/C(OC(C)=O)=C(/C)[C@H](O)C[C@@H]1O)C2(C)C. The molecule has 0 amide bonds. The molecule has 2 aliphatic rings. The van der Waals surface area contributed by atoms with Crippen molar-refractivity contribution in [3.63, 3.8) is 0 Å². The van der Waals surface area contributed by atoms with E-state index in [2.05, 4.69) is 0 Å². The molecule has 12 heteroatoms. The van der Waals surface area contributed by atoms with Crippen LogP contribution in [0.2, 0.25) is 0 Å². The Bertz CT molecular complexity index is 1190. The summed E-state index contributed by atoms with van der Waals surface area (Å²) < 4.78 is 27.9. The lowest BCUT2D eigenvalue weighted by Gasteiger charge is -2.48. The minimum Gasteiger partial charge on any atom is -0.461 e. The molecule has 0 radical (unpaired) electrons. The monoisotopic (exact) mass is 594 g/mol. The molecule has 0 saturated carbocycles. The topological polar surface area (TPSA) is 172 Å². The van der Waals surface area contributed by atoms with Gasteiger partial charge in [-0.05, 0) is 54.1 Å². The molecule has 0 heterocycles. The number of hydrogen-bond acceptors (Lipinski definition) is 12. The molecular formula is C30H42O12. The first-order valence-electron chi connectivity index (χ1n) is 13.7. The molecule has 0 fully saturated rings. The fourth-order valence-electron chi connectivity index (χ4n) is 5.69. The van der Waals surface area contributed by atoms with Gasteiger partial charge in [0.1, 0.15) is 18.8 Å². The highest BCUT2D eigenvalue weighted by Gasteiger charge is 2.51. The van der Waals surface area contributed by atoms with E-state index in [1.165, 1.54) is 40.7 Å². The van der Waals surface area contributed by atoms with Crippen molar-refractivity contribution in [2.24, 2.45) is 11.3 Å². The van der Waals surface area contributed by atoms with Crippen molar-refractivity contribution in [3.05, 3.63) is 34.1 Å². The number of aliphatic hydroxyl groups excluding tert-OH is 2. The van der Waals surface area contributed by atoms with Crippen LogP contribution in [0.3, 0.4) is 0 Å². The molecule has 2 rings (SSSR count). The van der Waals surface area contributed by atoms with Crippen molar-refractivity contribution < 1.29 is 57.9 Å². The second-order valence-electron chi connectivity index (χ2n) is 11.3. The molecule has 2 N–H and O–H groups in total. The lowest BCUT2D eigenvalue weighted by molar-refractivity contribution is -0.156. The number of aliphatic hydroxyl groups is 2. The summed E-state index contributed by atoms with van der Waals surface area (Å²) in [6.07, 6.45) is -4.79. The highest BCUT2D eigenvalue weighted by Crippen LogP contribution is 2.51. The van der Waals surface area contributed by atoms with Crippen LogP contribution in [0, 0.1) is 11.3 Å². The summed E-state index contributed by atoms with van der Waals surface area (Å²) in [6, 6.07) is 0. The van der Waals surface area contributed by atoms with Crippen molar-refractivity contribution >= 4 is 29.8 Å². The summed E-state index contributed by atoms with van der Waals surface area (Å²) in [4.78, 5) is 60.9. The van der Waals surface area contributed by atoms with E-state index in [-0.39, 0.29) is 36.4 Å². The summed E-state index contributed by atoms with van der Waals surface area (Å²) in [7, 11) is 0. The van der Waals surface area contributed by atoms with Crippen molar-refractivity contribution in [1.29, 1.82) is 0 Å². The molecule has 0 saturated heterocycles. The van der Waals surface area contributed by atoms with Crippen molar-refractivity contribution in [2.45, 2.75) is 106 Å². The molecular weight excluding hydrogens is 552 g/mol. The van der Waals surface area contributed by atoms with Crippen LogP contribution in [0.5, 0.6) is 0 Å². The lowest BCUT2D eigenvalue weighted by atomic mass is 9.60. The Labute approximate surface area is 245 Å². The van der Waals surface area contributed by atoms with E-state index in [4.69, 9.17) is 23.7 Å². The van der Waals surface area contributed by atoms with Gasteiger partial charge >= 0.3 is 29.8 Å². The summed E-state index contributed by atoms with van der Waals surface area (Å²) >= 11 is 0. The van der Waals surface area contributed by atoms with E-state index < -0.39 is 71.7 Å². The molecule has 6 atom stereocenters. The van der Waals surface area contributed by atoms with Crippen LogP contribution >= 0.6 is 0 Å². The normalized spacial score (nSPS) is 30.9. The average molecular weight is 595 g/mol. The zero-order valence-corrected chi connectivity index (χ0v) is 25.6. The number of esters is 5. The van der Waals surface area contributed by atoms with Gasteiger partial charge in [-0.2, -0.15) is 0 Å². The van der Waals surface area contributed by atoms with E-state index in [0.717, 1.165) is 6.92 Å². The molecule has 42 heavy (non-hydrogen) atoms. The van der Waals surface area contributed by atoms with Crippen LogP contribution in [0.4, 0.5) is 0 Å². The molecule has 0 spiro atoms. The first kappa shape index (κ1) is 34.7. The third-order valence-electron chi connectivity index (χ3n) is 7.63. The van der Waals surface area contributed by atoms with Crippen molar-refractivity contribution in [2.75, 3.05) is 6.61 Å². The van der Waals surface area contributed by atoms with Crippen LogP contribution in [0.15, 0.2) is 34.1 Å². The quantitative estimate of drug-likeness (QED) is 0.262. The van der Waals surface area contributed by atoms with Crippen molar-refractivity contribution in [1.82, 2.24) is 0 Å². The largest absolute Gasteiger partial charge is 0.461 e. The van der Waals surface area contributed by atoms with Crippen LogP contribution in [-0.4, -0.2) is 77.2 Å². The molecule has 12 nitrogen and oxygen atoms in total. The van der Waals surface area contributed by atoms with Gasteiger partial charge in [-0.15, -0.1) is 0 Å². The smallest absolute Gasteiger partial charge is 0.307 e. The Morgan fingerprint density at radius 3 is 1.86 bits per heavy atom. The molecule has 0 aromatic carbocycles. The maximum Gasteiger partial charge on any atom is 0.307 e. The lowest BCUT2D eigenvalue weighted by Crippen LogP contribution is -2.49. The molecule has 2 bridgehead atoms. The second-order valence-corrected chi connectivity index (χ2v) is 11.3. The van der Waals surface area contributed by atoms with Crippen molar-refractivity contribution in [3.8, 4) is 0 Å². The van der Waals surface area contributed by atoms with Crippen LogP contribution < -0.4 is 0 Å². The number of fused-ring (bicyclic) bond motifs is 2. The Balaban J connectivity index is 3.06. The zero-order valence-electron chi connectivity index (χ0n) is 25.6. The number of rotatable bonds is 6. The van der Waals surface area contributed by atoms with Gasteiger partial charge in [-0.1, -0.05) is 13.8 Å². The number of carbonyl (C=O) groups is 5. The third kappa shape index (κ3) is 8.51. The van der Waals surface area contributed by atoms with E-state index in [0.29, 0.717) is 11.1 Å². The highest BCUT2D eigenvalue weighted by molar-refractivity contribution is 5.70. The molecule has 0 aromatic rings. The van der Waals surface area contributed by atoms with Crippen LogP contribution in [-0.2, 0) is 47.7 Å². The Morgan fingerprint density at radius 2 is 1.36 bits per heavy atom. The minimum absolute atomic E-state index is 0.0988. The molecule has 0 unspecified atom stereocenters. The maximum absolute atomic E-state index is 12.5. The van der Waals surface area contributed by atoms with Gasteiger partial charge in [0.2, 0.25) is 0 Å². The summed E-state index contributed by atoms with van der Waals surface area (Å²) in [5.74, 6) is -4.16. The van der Waals surface area contributed by atoms with E-state index in [1.54, 1.807) is 6.92 Å². The molecule has 0 aliphatic heterocycles. The molecule has 234 valence electrons. The predicted molar refractivity (Wildman–Crippen MR) is 147 cm³/mol. The van der Waals surface area contributed by atoms with Crippen LogP contribution in [0.25, 0.3) is 0 Å². The van der Waals surface area contributed by atoms with Gasteiger partial charge in [0, 0.05) is 47.0 Å². The highest BCUT2D eigenvalue weighted by atomic mass is 16.6. The first-order chi connectivity index (χ1) is 19.4. The maximum atomic E-state index is 12.5. The van der Waals surface area contributed by atoms with E-state index in [9.17, 15) is 34.2 Å². The van der Waals surface area contributed by atoms with Gasteiger partial charge in [0.05, 0.1) is 12.2 Å². The summed E-state index contributed by atoms with van der Waals surface area (Å²) in [5, 5.41) is 22.4. The number of carbonyl (C=O) groups excluding carboxylic acids is 5. The molecule has 2 aliphatic carbocycles. The average Bonchev–Trinajstić information content (AvgIpc) is 2.83. The van der Waals surface area contributed by atoms with Gasteiger partial charge in [0.15, 0.2) is 11.9 Å². The fourth-order valence-corrected chi connectivity index (χ4v) is 5.69. The van der Waals surface area contributed by atoms with E-state index >= 15 is 0 Å². The zero-order chi connectivity index (χ0) is 32.1. The predicted octanol–water partition coefficient (Wildman–Crippen LogP) is 2.60. The Kier molecular flexibility index (Phi) is 11.7. The number of hydrogen-bond donors (Lipinski definition) is 2. The summed E-state index contributed by atoms with van der Waals surface area (Å²) in [6.45, 7) is 12.4. The molecule has 0 aromatic heterocycles. The van der Waals surface area contributed by atoms with Gasteiger partial charge in [-0.25, -0.2) is 0 Å². The van der Waals surface area contributed by atoms with E-state index in [1.807, 2.05) is 13.8 Å². The first-order valence-corrected chi connectivity index (χ1v) is 13.7.